The van der Waals surface area contributed by atoms with Crippen molar-refractivity contribution in [2.45, 2.75) is 11.8 Å². The van der Waals surface area contributed by atoms with Crippen LogP contribution in [0.2, 0.25) is 0 Å². The van der Waals surface area contributed by atoms with E-state index in [-0.39, 0.29) is 4.90 Å². The Bertz CT molecular complexity index is 602. The largest absolute Gasteiger partial charge is 0.269 e. The molecule has 0 bridgehead atoms. The highest BCUT2D eigenvalue weighted by Gasteiger charge is 2.17. The van der Waals surface area contributed by atoms with Crippen LogP contribution in [0.25, 0.3) is 0 Å². The van der Waals surface area contributed by atoms with E-state index < -0.39 is 10.0 Å². The van der Waals surface area contributed by atoms with Gasteiger partial charge in [-0.2, -0.15) is 0 Å². The van der Waals surface area contributed by atoms with Crippen molar-refractivity contribution < 1.29 is 8.42 Å². The number of imidazole rings is 1. The zero-order valence-corrected chi connectivity index (χ0v) is 10.9. The molecule has 0 fully saturated rings. The standard InChI is InChI=1S/C10H9BrN2O2S/c1-8-12-6-7-13(8)16(14,15)10-4-2-9(11)3-5-10/h2-7H,1H3. The van der Waals surface area contributed by atoms with Crippen molar-refractivity contribution in [2.75, 3.05) is 0 Å². The maximum absolute atomic E-state index is 12.1. The molecule has 0 spiro atoms. The summed E-state index contributed by atoms with van der Waals surface area (Å²) in [7, 11) is -3.51. The first kappa shape index (κ1) is 11.3. The average Bonchev–Trinajstić information content (AvgIpc) is 2.66. The van der Waals surface area contributed by atoms with Gasteiger partial charge in [-0.05, 0) is 31.2 Å². The molecule has 0 radical (unpaired) electrons. The van der Waals surface area contributed by atoms with Crippen molar-refractivity contribution in [3.8, 4) is 0 Å². The van der Waals surface area contributed by atoms with Gasteiger partial charge in [-0.1, -0.05) is 15.9 Å². The maximum atomic E-state index is 12.1. The molecular weight excluding hydrogens is 292 g/mol. The number of aryl methyl sites for hydroxylation is 1. The lowest BCUT2D eigenvalue weighted by Crippen LogP contribution is -2.13. The van der Waals surface area contributed by atoms with E-state index in [1.807, 2.05) is 0 Å². The molecule has 1 heterocycles. The zero-order chi connectivity index (χ0) is 11.8. The third-order valence-electron chi connectivity index (χ3n) is 2.15. The number of halogens is 1. The van der Waals surface area contributed by atoms with E-state index in [1.165, 1.54) is 12.4 Å². The molecule has 0 aliphatic carbocycles. The predicted molar refractivity (Wildman–Crippen MR) is 63.7 cm³/mol. The van der Waals surface area contributed by atoms with Gasteiger partial charge in [-0.3, -0.25) is 0 Å². The molecule has 0 aliphatic heterocycles. The first-order valence-electron chi connectivity index (χ1n) is 4.53. The molecule has 6 heteroatoms. The van der Waals surface area contributed by atoms with E-state index in [0.29, 0.717) is 5.82 Å². The molecule has 84 valence electrons. The van der Waals surface area contributed by atoms with Crippen molar-refractivity contribution in [3.63, 3.8) is 0 Å². The lowest BCUT2D eigenvalue weighted by Gasteiger charge is -2.06. The summed E-state index contributed by atoms with van der Waals surface area (Å²) in [4.78, 5) is 4.15. The minimum Gasteiger partial charge on any atom is -0.241 e. The minimum atomic E-state index is -3.51. The van der Waals surface area contributed by atoms with Crippen molar-refractivity contribution in [1.82, 2.24) is 8.96 Å². The summed E-state index contributed by atoms with van der Waals surface area (Å²) in [5.41, 5.74) is 0. The van der Waals surface area contributed by atoms with Gasteiger partial charge < -0.3 is 0 Å². The SMILES string of the molecule is Cc1nccn1S(=O)(=O)c1ccc(Br)cc1. The second-order valence-electron chi connectivity index (χ2n) is 3.23. The Morgan fingerprint density at radius 2 is 1.88 bits per heavy atom. The number of rotatable bonds is 2. The molecule has 16 heavy (non-hydrogen) atoms. The molecule has 4 nitrogen and oxygen atoms in total. The van der Waals surface area contributed by atoms with Crippen LogP contribution in [-0.2, 0) is 10.0 Å². The molecule has 2 rings (SSSR count). The van der Waals surface area contributed by atoms with E-state index in [0.717, 1.165) is 8.45 Å². The number of hydrogen-bond acceptors (Lipinski definition) is 3. The Labute approximate surface area is 102 Å². The lowest BCUT2D eigenvalue weighted by molar-refractivity contribution is 0.586. The van der Waals surface area contributed by atoms with Crippen LogP contribution in [0.5, 0.6) is 0 Å². The first-order chi connectivity index (χ1) is 7.51. The van der Waals surface area contributed by atoms with Crippen molar-refractivity contribution >= 4 is 26.0 Å². The minimum absolute atomic E-state index is 0.247. The van der Waals surface area contributed by atoms with Gasteiger partial charge in [-0.15, -0.1) is 0 Å². The van der Waals surface area contributed by atoms with Gasteiger partial charge in [0, 0.05) is 16.9 Å². The molecule has 0 amide bonds. The molecule has 1 aromatic heterocycles. The summed E-state index contributed by atoms with van der Waals surface area (Å²) < 4.78 is 26.3. The van der Waals surface area contributed by atoms with E-state index >= 15 is 0 Å². The number of aromatic nitrogens is 2. The summed E-state index contributed by atoms with van der Waals surface area (Å²) in [5.74, 6) is 0.447. The fourth-order valence-electron chi connectivity index (χ4n) is 1.34. The molecule has 0 aliphatic rings. The highest BCUT2D eigenvalue weighted by atomic mass is 79.9. The van der Waals surface area contributed by atoms with Crippen molar-refractivity contribution in [2.24, 2.45) is 0 Å². The fraction of sp³-hybridized carbons (Fsp3) is 0.100. The van der Waals surface area contributed by atoms with Gasteiger partial charge in [0.2, 0.25) is 0 Å². The van der Waals surface area contributed by atoms with E-state index in [1.54, 1.807) is 31.2 Å². The molecule has 2 aromatic rings. The normalized spacial score (nSPS) is 11.6. The van der Waals surface area contributed by atoms with Crippen LogP contribution in [0.4, 0.5) is 0 Å². The Morgan fingerprint density at radius 3 is 2.38 bits per heavy atom. The second-order valence-corrected chi connectivity index (χ2v) is 5.96. The van der Waals surface area contributed by atoms with Gasteiger partial charge in [0.05, 0.1) is 4.90 Å². The molecule has 0 N–H and O–H groups in total. The molecule has 0 unspecified atom stereocenters. The maximum Gasteiger partial charge on any atom is 0.269 e. The summed E-state index contributed by atoms with van der Waals surface area (Å²) >= 11 is 3.26. The summed E-state index contributed by atoms with van der Waals surface area (Å²) in [6, 6.07) is 6.50. The molecule has 0 saturated heterocycles. The van der Waals surface area contributed by atoms with Crippen LogP contribution in [0.15, 0.2) is 46.0 Å². The van der Waals surface area contributed by atoms with Gasteiger partial charge in [0.25, 0.3) is 10.0 Å². The topological polar surface area (TPSA) is 52.0 Å². The van der Waals surface area contributed by atoms with E-state index in [2.05, 4.69) is 20.9 Å². The van der Waals surface area contributed by atoms with E-state index in [4.69, 9.17) is 0 Å². The van der Waals surface area contributed by atoms with E-state index in [9.17, 15) is 8.42 Å². The Morgan fingerprint density at radius 1 is 1.25 bits per heavy atom. The third kappa shape index (κ3) is 1.90. The summed E-state index contributed by atoms with van der Waals surface area (Å²) in [5, 5.41) is 0. The number of benzene rings is 1. The predicted octanol–water partition coefficient (Wildman–Crippen LogP) is 2.19. The molecule has 1 aromatic carbocycles. The average molecular weight is 301 g/mol. The lowest BCUT2D eigenvalue weighted by atomic mass is 10.4. The van der Waals surface area contributed by atoms with Crippen LogP contribution in [0.1, 0.15) is 5.82 Å². The number of nitrogens with zero attached hydrogens (tertiary/aromatic N) is 2. The first-order valence-corrected chi connectivity index (χ1v) is 6.76. The fourth-order valence-corrected chi connectivity index (χ4v) is 2.92. The third-order valence-corrected chi connectivity index (χ3v) is 4.45. The van der Waals surface area contributed by atoms with Crippen LogP contribution in [0.3, 0.4) is 0 Å². The molecule has 0 atom stereocenters. The van der Waals surface area contributed by atoms with Crippen LogP contribution >= 0.6 is 15.9 Å². The highest BCUT2D eigenvalue weighted by Crippen LogP contribution is 2.18. The Hall–Kier alpha value is -1.14. The zero-order valence-electron chi connectivity index (χ0n) is 8.46. The van der Waals surface area contributed by atoms with Gasteiger partial charge >= 0.3 is 0 Å². The Kier molecular flexibility index (Phi) is 2.86. The van der Waals surface area contributed by atoms with Gasteiger partial charge in [0.1, 0.15) is 5.82 Å². The summed E-state index contributed by atoms with van der Waals surface area (Å²) in [6.07, 6.45) is 2.90. The van der Waals surface area contributed by atoms with Crippen LogP contribution < -0.4 is 0 Å². The van der Waals surface area contributed by atoms with Gasteiger partial charge in [-0.25, -0.2) is 17.4 Å². The highest BCUT2D eigenvalue weighted by molar-refractivity contribution is 9.10. The van der Waals surface area contributed by atoms with Crippen molar-refractivity contribution in [3.05, 3.63) is 47.0 Å². The molecular formula is C10H9BrN2O2S. The number of hydrogen-bond donors (Lipinski definition) is 0. The van der Waals surface area contributed by atoms with Crippen LogP contribution in [0, 0.1) is 6.92 Å². The quantitative estimate of drug-likeness (QED) is 0.854. The molecule has 0 saturated carbocycles. The van der Waals surface area contributed by atoms with Crippen LogP contribution in [-0.4, -0.2) is 17.4 Å². The van der Waals surface area contributed by atoms with Crippen molar-refractivity contribution in [1.29, 1.82) is 0 Å². The smallest absolute Gasteiger partial charge is 0.241 e. The Balaban J connectivity index is 2.56. The monoisotopic (exact) mass is 300 g/mol. The second kappa shape index (κ2) is 4.03. The summed E-state index contributed by atoms with van der Waals surface area (Å²) in [6.45, 7) is 1.65. The van der Waals surface area contributed by atoms with Gasteiger partial charge in [0.15, 0.2) is 0 Å².